The summed E-state index contributed by atoms with van der Waals surface area (Å²) in [5.74, 6) is 2.32. The molecule has 3 aromatic carbocycles. The van der Waals surface area contributed by atoms with E-state index in [1.165, 1.54) is 0 Å². The monoisotopic (exact) mass is 384 g/mol. The minimum Gasteiger partial charge on any atom is -0.501 e. The molecule has 0 spiro atoms. The lowest BCUT2D eigenvalue weighted by atomic mass is 10.0. The van der Waals surface area contributed by atoms with Crippen LogP contribution in [0.1, 0.15) is 18.2 Å². The third kappa shape index (κ3) is 2.68. The summed E-state index contributed by atoms with van der Waals surface area (Å²) in [7, 11) is 3.32. The quantitative estimate of drug-likeness (QED) is 0.309. The highest BCUT2D eigenvalue weighted by Crippen LogP contribution is 2.38. The Kier molecular flexibility index (Phi) is 3.88. The van der Waals surface area contributed by atoms with Crippen LogP contribution in [0.15, 0.2) is 63.6 Å². The van der Waals surface area contributed by atoms with Gasteiger partial charge in [-0.2, -0.15) is 0 Å². The summed E-state index contributed by atoms with van der Waals surface area (Å²) < 4.78 is 22.9. The number of allylic oxidation sites excluding steroid dienone is 1. The Morgan fingerprint density at radius 1 is 0.862 bits per heavy atom. The van der Waals surface area contributed by atoms with Crippen LogP contribution in [0.5, 0.6) is 5.75 Å². The molecular weight excluding hydrogens is 364 g/mol. The zero-order valence-corrected chi connectivity index (χ0v) is 16.5. The fourth-order valence-corrected chi connectivity index (χ4v) is 3.81. The maximum absolute atomic E-state index is 6.19. The second kappa shape index (κ2) is 6.45. The molecule has 0 aliphatic rings. The van der Waals surface area contributed by atoms with Crippen LogP contribution in [0.25, 0.3) is 55.8 Å². The largest absolute Gasteiger partial charge is 0.501 e. The first kappa shape index (κ1) is 17.4. The average Bonchev–Trinajstić information content (AvgIpc) is 3.25. The first-order valence-electron chi connectivity index (χ1n) is 9.36. The molecule has 4 nitrogen and oxygen atoms in total. The molecule has 0 bridgehead atoms. The van der Waals surface area contributed by atoms with Crippen molar-refractivity contribution in [1.29, 1.82) is 0 Å². The van der Waals surface area contributed by atoms with Crippen molar-refractivity contribution in [1.82, 2.24) is 0 Å². The normalized spacial score (nSPS) is 12.3. The van der Waals surface area contributed by atoms with Crippen molar-refractivity contribution in [2.24, 2.45) is 0 Å². The number of furan rings is 2. The molecule has 29 heavy (non-hydrogen) atoms. The van der Waals surface area contributed by atoms with Gasteiger partial charge in [-0.3, -0.25) is 0 Å². The molecule has 2 heterocycles. The molecule has 5 rings (SSSR count). The Morgan fingerprint density at radius 2 is 1.59 bits per heavy atom. The van der Waals surface area contributed by atoms with Gasteiger partial charge in [-0.1, -0.05) is 18.7 Å². The summed E-state index contributed by atoms with van der Waals surface area (Å²) in [6, 6.07) is 14.3. The van der Waals surface area contributed by atoms with E-state index in [1.807, 2.05) is 43.3 Å². The van der Waals surface area contributed by atoms with E-state index >= 15 is 0 Å². The first-order chi connectivity index (χ1) is 14.1. The molecular formula is C25H20O4. The van der Waals surface area contributed by atoms with Crippen LogP contribution in [0.4, 0.5) is 0 Å². The Balaban J connectivity index is 1.81. The van der Waals surface area contributed by atoms with Gasteiger partial charge in [0, 0.05) is 27.8 Å². The van der Waals surface area contributed by atoms with Gasteiger partial charge >= 0.3 is 0 Å². The van der Waals surface area contributed by atoms with Crippen LogP contribution in [0.3, 0.4) is 0 Å². The number of hydrogen-bond acceptors (Lipinski definition) is 4. The smallest absolute Gasteiger partial charge is 0.138 e. The molecule has 0 unspecified atom stereocenters. The predicted octanol–water partition coefficient (Wildman–Crippen LogP) is 7.14. The predicted molar refractivity (Wildman–Crippen MR) is 118 cm³/mol. The molecule has 2 aromatic heterocycles. The molecule has 0 N–H and O–H groups in total. The highest BCUT2D eigenvalue weighted by Gasteiger charge is 2.16. The van der Waals surface area contributed by atoms with Crippen molar-refractivity contribution in [2.75, 3.05) is 14.2 Å². The molecule has 0 aliphatic carbocycles. The molecule has 0 fully saturated rings. The molecule has 0 saturated carbocycles. The van der Waals surface area contributed by atoms with Crippen LogP contribution < -0.4 is 4.74 Å². The van der Waals surface area contributed by atoms with E-state index in [0.717, 1.165) is 66.5 Å². The average molecular weight is 384 g/mol. The van der Waals surface area contributed by atoms with Crippen LogP contribution >= 0.6 is 0 Å². The number of methoxy groups -OCH3 is 2. The van der Waals surface area contributed by atoms with E-state index in [-0.39, 0.29) is 0 Å². The highest BCUT2D eigenvalue weighted by atomic mass is 16.5. The summed E-state index contributed by atoms with van der Waals surface area (Å²) in [6.07, 6.45) is 3.67. The van der Waals surface area contributed by atoms with E-state index in [1.54, 1.807) is 20.3 Å². The summed E-state index contributed by atoms with van der Waals surface area (Å²) in [5, 5.41) is 5.23. The molecule has 0 saturated heterocycles. The number of benzene rings is 3. The van der Waals surface area contributed by atoms with E-state index < -0.39 is 0 Å². The van der Waals surface area contributed by atoms with Crippen molar-refractivity contribution < 1.29 is 18.3 Å². The van der Waals surface area contributed by atoms with Crippen molar-refractivity contribution in [2.45, 2.75) is 6.92 Å². The lowest BCUT2D eigenvalue weighted by molar-refractivity contribution is 0.297. The molecule has 0 atom stereocenters. The van der Waals surface area contributed by atoms with Crippen LogP contribution in [0, 0.1) is 0 Å². The molecule has 0 radical (unpaired) electrons. The zero-order valence-electron chi connectivity index (χ0n) is 16.5. The topological polar surface area (TPSA) is 44.7 Å². The van der Waals surface area contributed by atoms with Gasteiger partial charge in [0.1, 0.15) is 28.3 Å². The van der Waals surface area contributed by atoms with Gasteiger partial charge in [0.25, 0.3) is 0 Å². The summed E-state index contributed by atoms with van der Waals surface area (Å²) in [4.78, 5) is 0. The van der Waals surface area contributed by atoms with Gasteiger partial charge in [0.05, 0.1) is 20.0 Å². The van der Waals surface area contributed by atoms with Crippen LogP contribution in [0.2, 0.25) is 0 Å². The van der Waals surface area contributed by atoms with Crippen molar-refractivity contribution in [3.05, 3.63) is 66.1 Å². The van der Waals surface area contributed by atoms with Gasteiger partial charge in [0.2, 0.25) is 0 Å². The van der Waals surface area contributed by atoms with Crippen LogP contribution in [-0.2, 0) is 4.74 Å². The lowest BCUT2D eigenvalue weighted by Crippen LogP contribution is -1.82. The van der Waals surface area contributed by atoms with Gasteiger partial charge in [0.15, 0.2) is 0 Å². The van der Waals surface area contributed by atoms with Gasteiger partial charge in [-0.25, -0.2) is 0 Å². The van der Waals surface area contributed by atoms with Crippen molar-refractivity contribution >= 4 is 55.8 Å². The number of hydrogen-bond donors (Lipinski definition) is 0. The van der Waals surface area contributed by atoms with Gasteiger partial charge in [-0.15, -0.1) is 0 Å². The maximum atomic E-state index is 6.19. The fourth-order valence-electron chi connectivity index (χ4n) is 3.81. The molecule has 0 aliphatic heterocycles. The van der Waals surface area contributed by atoms with E-state index in [2.05, 4.69) is 18.7 Å². The third-order valence-corrected chi connectivity index (χ3v) is 5.37. The summed E-state index contributed by atoms with van der Waals surface area (Å²) in [6.45, 7) is 5.84. The fraction of sp³-hybridized carbons (Fsp3) is 0.120. The van der Waals surface area contributed by atoms with Crippen LogP contribution in [-0.4, -0.2) is 14.2 Å². The standard InChI is InChI=1S/C25H20O4/c1-5-18-20-12-25-21(13-24(20)28-22(18)8-14(2)26-3)19-10-16-9-17(27-4)7-6-15(16)11-23(19)29-25/h5-13H,1H2,2-4H3/b14-8+. The molecule has 4 heteroatoms. The van der Waals surface area contributed by atoms with Gasteiger partial charge in [-0.05, 0) is 54.1 Å². The third-order valence-electron chi connectivity index (χ3n) is 5.37. The zero-order chi connectivity index (χ0) is 20.1. The lowest BCUT2D eigenvalue weighted by Gasteiger charge is -2.02. The molecule has 5 aromatic rings. The Labute approximate surface area is 167 Å². The minimum absolute atomic E-state index is 0.724. The Hall–Kier alpha value is -3.66. The van der Waals surface area contributed by atoms with Crippen molar-refractivity contribution in [3.8, 4) is 5.75 Å². The minimum atomic E-state index is 0.724. The first-order valence-corrected chi connectivity index (χ1v) is 9.36. The SMILES string of the molecule is C=Cc1c(/C=C(\C)OC)oc2cc3c(cc12)oc1cc2ccc(OC)cc2cc13. The molecule has 144 valence electrons. The number of ether oxygens (including phenoxy) is 2. The Bertz CT molecular complexity index is 1450. The van der Waals surface area contributed by atoms with Gasteiger partial charge < -0.3 is 18.3 Å². The van der Waals surface area contributed by atoms with Crippen molar-refractivity contribution in [3.63, 3.8) is 0 Å². The second-order valence-corrected chi connectivity index (χ2v) is 7.05. The Morgan fingerprint density at radius 3 is 2.34 bits per heavy atom. The summed E-state index contributed by atoms with van der Waals surface area (Å²) >= 11 is 0. The van der Waals surface area contributed by atoms with E-state index in [4.69, 9.17) is 18.3 Å². The highest BCUT2D eigenvalue weighted by molar-refractivity contribution is 6.13. The molecule has 0 amide bonds. The van der Waals surface area contributed by atoms with E-state index in [9.17, 15) is 0 Å². The number of fused-ring (bicyclic) bond motifs is 5. The maximum Gasteiger partial charge on any atom is 0.138 e. The summed E-state index contributed by atoms with van der Waals surface area (Å²) in [5.41, 5.74) is 3.38. The second-order valence-electron chi connectivity index (χ2n) is 7.05. The van der Waals surface area contributed by atoms with E-state index in [0.29, 0.717) is 0 Å². The number of rotatable bonds is 4.